The lowest BCUT2D eigenvalue weighted by molar-refractivity contribution is -0.142. The first-order chi connectivity index (χ1) is 24.0. The van der Waals surface area contributed by atoms with Gasteiger partial charge in [-0.1, -0.05) is 72.3 Å². The van der Waals surface area contributed by atoms with Gasteiger partial charge in [0.2, 0.25) is 11.8 Å². The maximum atomic E-state index is 15.2. The molecule has 50 heavy (non-hydrogen) atoms. The number of allylic oxidation sites excluding steroid dienone is 4. The lowest BCUT2D eigenvalue weighted by Gasteiger charge is -2.55. The molecule has 0 unspecified atom stereocenters. The van der Waals surface area contributed by atoms with Crippen molar-refractivity contribution in [3.63, 3.8) is 0 Å². The number of rotatable bonds is 8. The molecule has 2 fully saturated rings. The number of carboxylic acid groups (broad SMARTS) is 1. The zero-order valence-electron chi connectivity index (χ0n) is 27.0. The maximum absolute atomic E-state index is 15.2. The first-order valence-corrected chi connectivity index (χ1v) is 18.0. The molecular formula is C39H33Br2NO8. The normalized spacial score (nSPS) is 27.3. The van der Waals surface area contributed by atoms with Crippen LogP contribution < -0.4 is 4.74 Å². The van der Waals surface area contributed by atoms with E-state index in [0.29, 0.717) is 31.2 Å². The van der Waals surface area contributed by atoms with Crippen molar-refractivity contribution >= 4 is 66.8 Å². The number of hydrogen-bond donors (Lipinski definition) is 2. The SMILES string of the molecule is COc1cc([C@H]2C3=CC[C@@H]4C(=O)N(CCCC(=O)O)C(=O)[C@@H]4[C@@H]3C[C@H]3C(=O)C(c4ccccc4)=CC(=O)[C@@]23c2ccccc2)c(Br)c(Br)c1O. The second-order valence-electron chi connectivity index (χ2n) is 13.3. The average molecular weight is 804 g/mol. The number of likely N-dealkylation sites (tertiary alicyclic amines) is 1. The zero-order valence-corrected chi connectivity index (χ0v) is 30.1. The maximum Gasteiger partial charge on any atom is 0.303 e. The molecule has 1 saturated carbocycles. The third-order valence-electron chi connectivity index (χ3n) is 10.9. The van der Waals surface area contributed by atoms with Crippen LogP contribution >= 0.6 is 31.9 Å². The predicted octanol–water partition coefficient (Wildman–Crippen LogP) is 6.62. The highest BCUT2D eigenvalue weighted by molar-refractivity contribution is 9.13. The summed E-state index contributed by atoms with van der Waals surface area (Å²) in [5, 5.41) is 20.2. The molecule has 1 heterocycles. The van der Waals surface area contributed by atoms with E-state index in [0.717, 1.165) is 5.57 Å². The van der Waals surface area contributed by atoms with Gasteiger partial charge < -0.3 is 14.9 Å². The third-order valence-corrected chi connectivity index (χ3v) is 13.1. The largest absolute Gasteiger partial charge is 0.503 e. The minimum atomic E-state index is -1.46. The van der Waals surface area contributed by atoms with E-state index >= 15 is 9.59 Å². The Morgan fingerprint density at radius 1 is 0.960 bits per heavy atom. The molecule has 0 bridgehead atoms. The highest BCUT2D eigenvalue weighted by Crippen LogP contribution is 2.65. The van der Waals surface area contributed by atoms with Gasteiger partial charge in [0.1, 0.15) is 0 Å². The molecule has 0 spiro atoms. The number of carbonyl (C=O) groups is 5. The van der Waals surface area contributed by atoms with Crippen molar-refractivity contribution in [2.75, 3.05) is 13.7 Å². The van der Waals surface area contributed by atoms with Crippen molar-refractivity contribution in [2.45, 2.75) is 37.0 Å². The number of hydrogen-bond acceptors (Lipinski definition) is 7. The van der Waals surface area contributed by atoms with Crippen LogP contribution in [0.4, 0.5) is 0 Å². The van der Waals surface area contributed by atoms with Crippen molar-refractivity contribution in [3.8, 4) is 11.5 Å². The van der Waals surface area contributed by atoms with Gasteiger partial charge in [0.15, 0.2) is 23.1 Å². The van der Waals surface area contributed by atoms with Gasteiger partial charge in [-0.15, -0.1) is 0 Å². The van der Waals surface area contributed by atoms with Gasteiger partial charge in [0, 0.05) is 34.8 Å². The van der Waals surface area contributed by atoms with Crippen molar-refractivity contribution in [2.24, 2.45) is 23.7 Å². The first-order valence-electron chi connectivity index (χ1n) is 16.4. The molecule has 0 radical (unpaired) electrons. The summed E-state index contributed by atoms with van der Waals surface area (Å²) in [5.41, 5.74) is 1.41. The van der Waals surface area contributed by atoms with Crippen LogP contribution in [0.5, 0.6) is 11.5 Å². The van der Waals surface area contributed by atoms with Crippen LogP contribution in [0.2, 0.25) is 0 Å². The van der Waals surface area contributed by atoms with Crippen molar-refractivity contribution in [1.82, 2.24) is 4.90 Å². The van der Waals surface area contributed by atoms with E-state index in [4.69, 9.17) is 4.74 Å². The highest BCUT2D eigenvalue weighted by atomic mass is 79.9. The number of carboxylic acids is 1. The number of fused-ring (bicyclic) bond motifs is 4. The Kier molecular flexibility index (Phi) is 8.92. The molecule has 3 aromatic rings. The molecule has 2 amide bonds. The van der Waals surface area contributed by atoms with Gasteiger partial charge in [-0.05, 0) is 85.9 Å². The summed E-state index contributed by atoms with van der Waals surface area (Å²) in [6.45, 7) is -0.00814. The topological polar surface area (TPSA) is 138 Å². The fraction of sp³-hybridized carbons (Fsp3) is 0.308. The Morgan fingerprint density at radius 3 is 2.30 bits per heavy atom. The van der Waals surface area contributed by atoms with E-state index < -0.39 is 41.0 Å². The summed E-state index contributed by atoms with van der Waals surface area (Å²) in [4.78, 5) is 70.6. The van der Waals surface area contributed by atoms with E-state index in [-0.39, 0.29) is 67.1 Å². The molecule has 256 valence electrons. The summed E-state index contributed by atoms with van der Waals surface area (Å²) < 4.78 is 6.34. The lowest BCUT2D eigenvalue weighted by atomic mass is 9.44. The molecule has 9 nitrogen and oxygen atoms in total. The number of amides is 2. The predicted molar refractivity (Wildman–Crippen MR) is 190 cm³/mol. The first kappa shape index (κ1) is 34.1. The zero-order chi connectivity index (χ0) is 35.5. The quantitative estimate of drug-likeness (QED) is 0.192. The van der Waals surface area contributed by atoms with E-state index in [9.17, 15) is 24.6 Å². The fourth-order valence-electron chi connectivity index (χ4n) is 8.87. The molecule has 0 aromatic heterocycles. The number of nitrogens with zero attached hydrogens (tertiary/aromatic N) is 1. The summed E-state index contributed by atoms with van der Waals surface area (Å²) in [6.07, 6.45) is 3.74. The summed E-state index contributed by atoms with van der Waals surface area (Å²) >= 11 is 7.19. The van der Waals surface area contributed by atoms with Crippen LogP contribution in [-0.2, 0) is 29.4 Å². The van der Waals surface area contributed by atoms with Crippen LogP contribution in [0.1, 0.15) is 48.3 Å². The number of ether oxygens (including phenoxy) is 1. The van der Waals surface area contributed by atoms with Crippen LogP contribution in [-0.4, -0.2) is 58.1 Å². The number of phenolic OH excluding ortho intramolecular Hbond substituents is 1. The van der Waals surface area contributed by atoms with Crippen LogP contribution in [0, 0.1) is 23.7 Å². The molecule has 7 rings (SSSR count). The second kappa shape index (κ2) is 13.1. The van der Waals surface area contributed by atoms with Gasteiger partial charge >= 0.3 is 5.97 Å². The van der Waals surface area contributed by atoms with Crippen molar-refractivity contribution < 1.29 is 38.9 Å². The van der Waals surface area contributed by atoms with Gasteiger partial charge in [-0.3, -0.25) is 28.9 Å². The average Bonchev–Trinajstić information content (AvgIpc) is 3.37. The molecule has 2 N–H and O–H groups in total. The van der Waals surface area contributed by atoms with Gasteiger partial charge in [-0.25, -0.2) is 0 Å². The third kappa shape index (κ3) is 5.11. The molecule has 1 saturated heterocycles. The number of methoxy groups -OCH3 is 1. The van der Waals surface area contributed by atoms with Gasteiger partial charge in [0.05, 0.1) is 28.8 Å². The Hall–Kier alpha value is -4.35. The Labute approximate surface area is 305 Å². The number of halogens is 2. The second-order valence-corrected chi connectivity index (χ2v) is 14.8. The van der Waals surface area contributed by atoms with Gasteiger partial charge in [0.25, 0.3) is 0 Å². The van der Waals surface area contributed by atoms with E-state index in [2.05, 4.69) is 31.9 Å². The Balaban J connectivity index is 1.48. The molecule has 3 aliphatic carbocycles. The molecule has 1 aliphatic heterocycles. The van der Waals surface area contributed by atoms with E-state index in [1.807, 2.05) is 54.6 Å². The molecule has 3 aromatic carbocycles. The number of aliphatic carboxylic acids is 1. The van der Waals surface area contributed by atoms with E-state index in [1.165, 1.54) is 18.1 Å². The molecule has 6 atom stereocenters. The number of benzene rings is 3. The summed E-state index contributed by atoms with van der Waals surface area (Å²) in [7, 11) is 1.43. The number of phenols is 1. The smallest absolute Gasteiger partial charge is 0.303 e. The number of carbonyl (C=O) groups excluding carboxylic acids is 4. The minimum absolute atomic E-state index is 0.00814. The number of imide groups is 1. The lowest BCUT2D eigenvalue weighted by Crippen LogP contribution is -2.59. The molecular weight excluding hydrogens is 770 g/mol. The summed E-state index contributed by atoms with van der Waals surface area (Å²) in [5.74, 6) is -6.04. The van der Waals surface area contributed by atoms with Gasteiger partial charge in [-0.2, -0.15) is 0 Å². The monoisotopic (exact) mass is 801 g/mol. The standard InChI is InChI=1S/C39H33Br2NO8/c1-50-28-18-26(33(40)34(41)36(28)47)32-22-14-15-23-31(38(49)42(37(23)48)16-8-13-30(44)45)25(22)17-27-35(46)24(20-9-4-2-5-10-20)19-29(43)39(27,32)21-11-6-3-7-12-21/h2-7,9-12,14,18-19,23,25,27,31-32,47H,8,13,15-17H2,1H3,(H,44,45)/t23-,25+,27-,31-,32+,39-/m0/s1. The van der Waals surface area contributed by atoms with Crippen molar-refractivity contribution in [1.29, 1.82) is 0 Å². The number of aromatic hydroxyl groups is 1. The summed E-state index contributed by atoms with van der Waals surface area (Å²) in [6, 6.07) is 19.9. The number of Topliss-reactive ketones (excluding diaryl/α,β-unsaturated/α-hetero) is 1. The number of ketones is 2. The minimum Gasteiger partial charge on any atom is -0.503 e. The van der Waals surface area contributed by atoms with E-state index in [1.54, 1.807) is 18.2 Å². The molecule has 4 aliphatic rings. The van der Waals surface area contributed by atoms with Crippen LogP contribution in [0.3, 0.4) is 0 Å². The van der Waals surface area contributed by atoms with Crippen molar-refractivity contribution in [3.05, 3.63) is 110 Å². The fourth-order valence-corrected chi connectivity index (χ4v) is 9.83. The Bertz CT molecular complexity index is 2010. The molecule has 11 heteroatoms. The van der Waals surface area contributed by atoms with Crippen LogP contribution in [0.25, 0.3) is 5.57 Å². The highest BCUT2D eigenvalue weighted by Gasteiger charge is 2.66. The Morgan fingerprint density at radius 2 is 1.64 bits per heavy atom. The van der Waals surface area contributed by atoms with Crippen LogP contribution in [0.15, 0.2) is 93.4 Å².